The van der Waals surface area contributed by atoms with Crippen LogP contribution in [0.1, 0.15) is 19.4 Å². The SMILES string of the molecule is CC(C)C1=CCn2c(-c3ccccc3)nc3cccc1c32. The molecular formula is C19H18N2. The lowest BCUT2D eigenvalue weighted by atomic mass is 9.92. The van der Waals surface area contributed by atoms with Crippen LogP contribution in [0.2, 0.25) is 0 Å². The highest BCUT2D eigenvalue weighted by Crippen LogP contribution is 2.36. The van der Waals surface area contributed by atoms with Crippen molar-refractivity contribution < 1.29 is 0 Å². The summed E-state index contributed by atoms with van der Waals surface area (Å²) in [5.41, 5.74) is 6.33. The van der Waals surface area contributed by atoms with Gasteiger partial charge in [-0.1, -0.05) is 62.4 Å². The standard InChI is InChI=1S/C19H18N2/c1-13(2)15-11-12-21-18-16(15)9-6-10-17(18)20-19(21)14-7-4-3-5-8-14/h3-11,13H,12H2,1-2H3. The molecule has 0 bridgehead atoms. The third-order valence-corrected chi connectivity index (χ3v) is 4.23. The van der Waals surface area contributed by atoms with Crippen molar-refractivity contribution >= 4 is 16.6 Å². The van der Waals surface area contributed by atoms with E-state index in [4.69, 9.17) is 4.98 Å². The molecule has 0 unspecified atom stereocenters. The van der Waals surface area contributed by atoms with Crippen LogP contribution in [0.3, 0.4) is 0 Å². The number of allylic oxidation sites excluding steroid dienone is 2. The van der Waals surface area contributed by atoms with Crippen LogP contribution >= 0.6 is 0 Å². The lowest BCUT2D eigenvalue weighted by molar-refractivity contribution is 0.804. The first-order chi connectivity index (χ1) is 10.3. The predicted molar refractivity (Wildman–Crippen MR) is 88.0 cm³/mol. The van der Waals surface area contributed by atoms with Gasteiger partial charge >= 0.3 is 0 Å². The maximum Gasteiger partial charge on any atom is 0.141 e. The van der Waals surface area contributed by atoms with E-state index in [1.165, 1.54) is 22.2 Å². The molecule has 0 spiro atoms. The van der Waals surface area contributed by atoms with Crippen LogP contribution in [0, 0.1) is 5.92 Å². The van der Waals surface area contributed by atoms with Gasteiger partial charge in [0.15, 0.2) is 0 Å². The van der Waals surface area contributed by atoms with Crippen molar-refractivity contribution in [3.05, 3.63) is 60.2 Å². The van der Waals surface area contributed by atoms with Crippen molar-refractivity contribution in [1.29, 1.82) is 0 Å². The molecular weight excluding hydrogens is 256 g/mol. The molecule has 1 aliphatic heterocycles. The molecule has 0 saturated carbocycles. The molecule has 2 nitrogen and oxygen atoms in total. The largest absolute Gasteiger partial charge is 0.320 e. The fraction of sp³-hybridized carbons (Fsp3) is 0.211. The molecule has 0 atom stereocenters. The van der Waals surface area contributed by atoms with Gasteiger partial charge in [-0.25, -0.2) is 4.98 Å². The second kappa shape index (κ2) is 4.59. The zero-order valence-electron chi connectivity index (χ0n) is 12.4. The predicted octanol–water partition coefficient (Wildman–Crippen LogP) is 4.76. The Morgan fingerprint density at radius 1 is 1.00 bits per heavy atom. The normalized spacial score (nSPS) is 13.8. The zero-order chi connectivity index (χ0) is 14.4. The summed E-state index contributed by atoms with van der Waals surface area (Å²) in [5.74, 6) is 1.61. The molecule has 2 heteroatoms. The van der Waals surface area contributed by atoms with E-state index in [0.717, 1.165) is 17.9 Å². The van der Waals surface area contributed by atoms with E-state index < -0.39 is 0 Å². The van der Waals surface area contributed by atoms with E-state index >= 15 is 0 Å². The van der Waals surface area contributed by atoms with E-state index in [1.54, 1.807) is 0 Å². The molecule has 1 aliphatic rings. The Bertz CT molecular complexity index is 839. The Morgan fingerprint density at radius 3 is 2.57 bits per heavy atom. The van der Waals surface area contributed by atoms with Crippen molar-refractivity contribution in [3.8, 4) is 11.4 Å². The molecule has 0 radical (unpaired) electrons. The summed E-state index contributed by atoms with van der Waals surface area (Å²) in [6.45, 7) is 5.43. The highest BCUT2D eigenvalue weighted by atomic mass is 15.1. The Labute approximate surface area is 124 Å². The molecule has 21 heavy (non-hydrogen) atoms. The summed E-state index contributed by atoms with van der Waals surface area (Å²) in [5, 5.41) is 0. The summed E-state index contributed by atoms with van der Waals surface area (Å²) < 4.78 is 2.34. The van der Waals surface area contributed by atoms with Gasteiger partial charge in [0.1, 0.15) is 5.82 Å². The Hall–Kier alpha value is -2.35. The van der Waals surface area contributed by atoms with Gasteiger partial charge in [-0.3, -0.25) is 0 Å². The van der Waals surface area contributed by atoms with Gasteiger partial charge in [-0.2, -0.15) is 0 Å². The van der Waals surface area contributed by atoms with Crippen LogP contribution < -0.4 is 0 Å². The van der Waals surface area contributed by atoms with E-state index in [-0.39, 0.29) is 0 Å². The van der Waals surface area contributed by atoms with Crippen LogP contribution in [-0.2, 0) is 6.54 Å². The first kappa shape index (κ1) is 12.4. The number of imidazole rings is 1. The topological polar surface area (TPSA) is 17.8 Å². The fourth-order valence-electron chi connectivity index (χ4n) is 3.25. The first-order valence-corrected chi connectivity index (χ1v) is 7.51. The van der Waals surface area contributed by atoms with Crippen molar-refractivity contribution in [2.24, 2.45) is 5.92 Å². The number of hydrogen-bond acceptors (Lipinski definition) is 1. The molecule has 3 aromatic rings. The second-order valence-corrected chi connectivity index (χ2v) is 5.90. The minimum Gasteiger partial charge on any atom is -0.320 e. The first-order valence-electron chi connectivity index (χ1n) is 7.51. The van der Waals surface area contributed by atoms with Crippen LogP contribution in [-0.4, -0.2) is 9.55 Å². The van der Waals surface area contributed by atoms with Crippen molar-refractivity contribution in [2.75, 3.05) is 0 Å². The number of hydrogen-bond donors (Lipinski definition) is 0. The maximum absolute atomic E-state index is 4.88. The van der Waals surface area contributed by atoms with Crippen molar-refractivity contribution in [1.82, 2.24) is 9.55 Å². The number of benzene rings is 2. The van der Waals surface area contributed by atoms with Crippen LogP contribution in [0.5, 0.6) is 0 Å². The number of para-hydroxylation sites is 1. The molecule has 104 valence electrons. The third kappa shape index (κ3) is 1.83. The molecule has 4 rings (SSSR count). The van der Waals surface area contributed by atoms with E-state index in [9.17, 15) is 0 Å². The van der Waals surface area contributed by atoms with Crippen molar-refractivity contribution in [3.63, 3.8) is 0 Å². The summed E-state index contributed by atoms with van der Waals surface area (Å²) in [4.78, 5) is 4.88. The number of rotatable bonds is 2. The van der Waals surface area contributed by atoms with Gasteiger partial charge in [0.2, 0.25) is 0 Å². The van der Waals surface area contributed by atoms with Crippen molar-refractivity contribution in [2.45, 2.75) is 20.4 Å². The summed E-state index contributed by atoms with van der Waals surface area (Å²) >= 11 is 0. The third-order valence-electron chi connectivity index (χ3n) is 4.23. The van der Waals surface area contributed by atoms with E-state index in [2.05, 4.69) is 67.0 Å². The lowest BCUT2D eigenvalue weighted by Crippen LogP contribution is -2.08. The highest BCUT2D eigenvalue weighted by molar-refractivity contribution is 5.93. The minimum absolute atomic E-state index is 0.541. The molecule has 0 saturated heterocycles. The highest BCUT2D eigenvalue weighted by Gasteiger charge is 2.21. The maximum atomic E-state index is 4.88. The van der Waals surface area contributed by atoms with Crippen LogP contribution in [0.4, 0.5) is 0 Å². The van der Waals surface area contributed by atoms with Gasteiger partial charge in [0, 0.05) is 17.7 Å². The monoisotopic (exact) mass is 274 g/mol. The molecule has 1 aromatic heterocycles. The molecule has 0 fully saturated rings. The van der Waals surface area contributed by atoms with Gasteiger partial charge in [0.05, 0.1) is 11.0 Å². The van der Waals surface area contributed by atoms with Crippen LogP contribution in [0.15, 0.2) is 54.6 Å². The number of aromatic nitrogens is 2. The molecule has 0 N–H and O–H groups in total. The van der Waals surface area contributed by atoms with E-state index in [1.807, 2.05) is 6.07 Å². The quantitative estimate of drug-likeness (QED) is 0.659. The zero-order valence-corrected chi connectivity index (χ0v) is 12.4. The molecule has 2 heterocycles. The summed E-state index contributed by atoms with van der Waals surface area (Å²) in [6, 6.07) is 16.9. The molecule has 0 aliphatic carbocycles. The van der Waals surface area contributed by atoms with Crippen LogP contribution in [0.25, 0.3) is 28.0 Å². The van der Waals surface area contributed by atoms with Gasteiger partial charge in [-0.15, -0.1) is 0 Å². The number of nitrogens with zero attached hydrogens (tertiary/aromatic N) is 2. The second-order valence-electron chi connectivity index (χ2n) is 5.90. The van der Waals surface area contributed by atoms with E-state index in [0.29, 0.717) is 5.92 Å². The average Bonchev–Trinajstić information content (AvgIpc) is 2.89. The Balaban J connectivity index is 2.01. The average molecular weight is 274 g/mol. The Kier molecular flexibility index (Phi) is 2.71. The smallest absolute Gasteiger partial charge is 0.141 e. The van der Waals surface area contributed by atoms with Gasteiger partial charge in [-0.05, 0) is 17.6 Å². The summed E-state index contributed by atoms with van der Waals surface area (Å²) in [7, 11) is 0. The lowest BCUT2D eigenvalue weighted by Gasteiger charge is -2.20. The van der Waals surface area contributed by atoms with Gasteiger partial charge < -0.3 is 4.57 Å². The summed E-state index contributed by atoms with van der Waals surface area (Å²) in [6.07, 6.45) is 2.35. The fourth-order valence-corrected chi connectivity index (χ4v) is 3.25. The van der Waals surface area contributed by atoms with Gasteiger partial charge in [0.25, 0.3) is 0 Å². The molecule has 2 aromatic carbocycles. The molecule has 0 amide bonds. The Morgan fingerprint density at radius 2 is 1.81 bits per heavy atom. The minimum atomic E-state index is 0.541.